The lowest BCUT2D eigenvalue weighted by Gasteiger charge is -2.27. The summed E-state index contributed by atoms with van der Waals surface area (Å²) in [4.78, 5) is 39.3. The first kappa shape index (κ1) is 15.5. The maximum atomic E-state index is 12.1. The number of rotatable bonds is 3. The van der Waals surface area contributed by atoms with Crippen molar-refractivity contribution in [1.29, 1.82) is 0 Å². The average Bonchev–Trinajstić information content (AvgIpc) is 2.96. The van der Waals surface area contributed by atoms with Crippen molar-refractivity contribution in [3.05, 3.63) is 34.9 Å². The highest BCUT2D eigenvalue weighted by Crippen LogP contribution is 2.29. The lowest BCUT2D eigenvalue weighted by Crippen LogP contribution is -2.37. The summed E-state index contributed by atoms with van der Waals surface area (Å²) >= 11 is 1.41. The van der Waals surface area contributed by atoms with E-state index in [2.05, 4.69) is 20.3 Å². The van der Waals surface area contributed by atoms with E-state index in [0.717, 1.165) is 10.6 Å². The lowest BCUT2D eigenvalue weighted by atomic mass is 10.1. The molecule has 0 radical (unpaired) electrons. The van der Waals surface area contributed by atoms with E-state index in [1.807, 2.05) is 18.7 Å². The van der Waals surface area contributed by atoms with Gasteiger partial charge in [0.2, 0.25) is 5.91 Å². The van der Waals surface area contributed by atoms with Crippen LogP contribution >= 0.6 is 11.3 Å². The first-order chi connectivity index (χ1) is 11.0. The van der Waals surface area contributed by atoms with Crippen molar-refractivity contribution in [3.63, 3.8) is 0 Å². The predicted molar refractivity (Wildman–Crippen MR) is 86.1 cm³/mol. The number of anilines is 1. The van der Waals surface area contributed by atoms with Crippen LogP contribution in [0.3, 0.4) is 0 Å². The molecule has 0 saturated heterocycles. The smallest absolute Gasteiger partial charge is 0.277 e. The second-order valence-corrected chi connectivity index (χ2v) is 6.68. The molecular weight excluding hydrogens is 314 g/mol. The number of carbonyl (C=O) groups excluding carboxylic acids is 2. The number of carbonyl (C=O) groups is 2. The molecular formula is C15H17N5O2S. The predicted octanol–water partition coefficient (Wildman–Crippen LogP) is 1.73. The van der Waals surface area contributed by atoms with Crippen molar-refractivity contribution < 1.29 is 9.59 Å². The fourth-order valence-electron chi connectivity index (χ4n) is 2.38. The van der Waals surface area contributed by atoms with Crippen LogP contribution in [0.1, 0.15) is 34.9 Å². The second kappa shape index (κ2) is 6.41. The van der Waals surface area contributed by atoms with Crippen molar-refractivity contribution >= 4 is 28.3 Å². The van der Waals surface area contributed by atoms with Crippen LogP contribution in [0, 0.1) is 5.92 Å². The minimum atomic E-state index is -0.334. The van der Waals surface area contributed by atoms with E-state index in [1.165, 1.54) is 29.9 Å². The molecule has 8 heteroatoms. The summed E-state index contributed by atoms with van der Waals surface area (Å²) < 4.78 is 0. The van der Waals surface area contributed by atoms with Crippen LogP contribution in [0.4, 0.5) is 5.13 Å². The van der Waals surface area contributed by atoms with E-state index in [-0.39, 0.29) is 23.4 Å². The molecule has 0 aromatic carbocycles. The van der Waals surface area contributed by atoms with Crippen LogP contribution in [-0.2, 0) is 17.8 Å². The minimum Gasteiger partial charge on any atom is -0.337 e. The zero-order valence-corrected chi connectivity index (χ0v) is 13.8. The van der Waals surface area contributed by atoms with E-state index in [4.69, 9.17) is 0 Å². The largest absolute Gasteiger partial charge is 0.337 e. The number of nitrogens with one attached hydrogen (secondary N) is 1. The van der Waals surface area contributed by atoms with Crippen LogP contribution < -0.4 is 5.32 Å². The molecule has 3 heterocycles. The Bertz CT molecular complexity index is 729. The van der Waals surface area contributed by atoms with E-state index >= 15 is 0 Å². The quantitative estimate of drug-likeness (QED) is 0.925. The van der Waals surface area contributed by atoms with Gasteiger partial charge in [-0.25, -0.2) is 9.97 Å². The summed E-state index contributed by atoms with van der Waals surface area (Å²) in [6.45, 7) is 5.03. The molecule has 0 spiro atoms. The Kier molecular flexibility index (Phi) is 4.33. The van der Waals surface area contributed by atoms with E-state index < -0.39 is 0 Å². The van der Waals surface area contributed by atoms with Crippen LogP contribution in [0.2, 0.25) is 0 Å². The Hall–Kier alpha value is -2.35. The Morgan fingerprint density at radius 2 is 2.17 bits per heavy atom. The molecule has 1 aliphatic heterocycles. The molecule has 0 atom stereocenters. The Balaban J connectivity index is 1.71. The molecule has 0 bridgehead atoms. The Morgan fingerprint density at radius 1 is 1.35 bits per heavy atom. The van der Waals surface area contributed by atoms with E-state index in [1.54, 1.807) is 0 Å². The molecule has 1 aliphatic rings. The molecule has 120 valence electrons. The van der Waals surface area contributed by atoms with Gasteiger partial charge < -0.3 is 4.90 Å². The summed E-state index contributed by atoms with van der Waals surface area (Å²) in [7, 11) is 0. The zero-order valence-electron chi connectivity index (χ0n) is 12.9. The molecule has 0 aliphatic carbocycles. The number of aromatic nitrogens is 3. The van der Waals surface area contributed by atoms with Gasteiger partial charge in [0.05, 0.1) is 18.4 Å². The molecule has 23 heavy (non-hydrogen) atoms. The third-order valence-electron chi connectivity index (χ3n) is 3.55. The van der Waals surface area contributed by atoms with Crippen molar-refractivity contribution in [2.45, 2.75) is 26.8 Å². The van der Waals surface area contributed by atoms with Gasteiger partial charge in [0.1, 0.15) is 5.69 Å². The fraction of sp³-hybridized carbons (Fsp3) is 0.400. The summed E-state index contributed by atoms with van der Waals surface area (Å²) in [5.74, 6) is -0.200. The number of hydrogen-bond acceptors (Lipinski definition) is 6. The molecule has 2 aromatic rings. The van der Waals surface area contributed by atoms with E-state index in [0.29, 0.717) is 24.6 Å². The van der Waals surface area contributed by atoms with Crippen LogP contribution in [0.15, 0.2) is 18.6 Å². The highest BCUT2D eigenvalue weighted by atomic mass is 32.1. The highest BCUT2D eigenvalue weighted by Gasteiger charge is 2.25. The zero-order chi connectivity index (χ0) is 16.4. The van der Waals surface area contributed by atoms with Gasteiger partial charge in [-0.15, -0.1) is 0 Å². The molecule has 0 saturated carbocycles. The second-order valence-electron chi connectivity index (χ2n) is 5.60. The van der Waals surface area contributed by atoms with Gasteiger partial charge >= 0.3 is 0 Å². The van der Waals surface area contributed by atoms with Crippen LogP contribution in [-0.4, -0.2) is 38.2 Å². The molecule has 0 unspecified atom stereocenters. The first-order valence-corrected chi connectivity index (χ1v) is 8.21. The van der Waals surface area contributed by atoms with Gasteiger partial charge in [-0.1, -0.05) is 25.2 Å². The Morgan fingerprint density at radius 3 is 2.87 bits per heavy atom. The number of amides is 2. The number of thiazole rings is 1. The molecule has 2 amide bonds. The Labute approximate surface area is 137 Å². The number of fused-ring (bicyclic) bond motifs is 1. The maximum absolute atomic E-state index is 12.1. The van der Waals surface area contributed by atoms with Crippen molar-refractivity contribution in [1.82, 2.24) is 19.9 Å². The van der Waals surface area contributed by atoms with Gasteiger partial charge in [0.15, 0.2) is 5.13 Å². The summed E-state index contributed by atoms with van der Waals surface area (Å²) in [5.41, 5.74) is 1.20. The topological polar surface area (TPSA) is 88.1 Å². The summed E-state index contributed by atoms with van der Waals surface area (Å²) in [5, 5.41) is 3.28. The summed E-state index contributed by atoms with van der Waals surface area (Å²) in [6, 6.07) is 0. The lowest BCUT2D eigenvalue weighted by molar-refractivity contribution is -0.135. The van der Waals surface area contributed by atoms with Gasteiger partial charge in [-0.3, -0.25) is 19.9 Å². The third kappa shape index (κ3) is 3.37. The normalized spacial score (nSPS) is 13.8. The van der Waals surface area contributed by atoms with Gasteiger partial charge in [-0.05, 0) is 0 Å². The minimum absolute atomic E-state index is 0.0136. The maximum Gasteiger partial charge on any atom is 0.277 e. The highest BCUT2D eigenvalue weighted by molar-refractivity contribution is 7.15. The fourth-order valence-corrected chi connectivity index (χ4v) is 3.40. The van der Waals surface area contributed by atoms with Crippen molar-refractivity contribution in [3.8, 4) is 0 Å². The molecule has 2 aromatic heterocycles. The summed E-state index contributed by atoms with van der Waals surface area (Å²) in [6.07, 6.45) is 5.10. The van der Waals surface area contributed by atoms with Gasteiger partial charge in [0, 0.05) is 36.2 Å². The van der Waals surface area contributed by atoms with Crippen LogP contribution in [0.25, 0.3) is 0 Å². The van der Waals surface area contributed by atoms with Crippen molar-refractivity contribution in [2.75, 3.05) is 11.9 Å². The van der Waals surface area contributed by atoms with Gasteiger partial charge in [-0.2, -0.15) is 0 Å². The van der Waals surface area contributed by atoms with Crippen LogP contribution in [0.5, 0.6) is 0 Å². The average molecular weight is 331 g/mol. The number of nitrogens with zero attached hydrogens (tertiary/aromatic N) is 4. The molecule has 1 N–H and O–H groups in total. The monoisotopic (exact) mass is 331 g/mol. The SMILES string of the molecule is CC(C)C(=O)N1CCc2nc(NC(=O)c3cnccn3)sc2C1. The third-order valence-corrected chi connectivity index (χ3v) is 4.55. The number of hydrogen-bond donors (Lipinski definition) is 1. The molecule has 7 nitrogen and oxygen atoms in total. The van der Waals surface area contributed by atoms with E-state index in [9.17, 15) is 9.59 Å². The standard InChI is InChI=1S/C15H17N5O2S/c1-9(2)14(22)20-6-3-10-12(8-20)23-15(18-10)19-13(21)11-7-16-4-5-17-11/h4-5,7,9H,3,6,8H2,1-2H3,(H,18,19,21). The molecule has 3 rings (SSSR count). The first-order valence-electron chi connectivity index (χ1n) is 7.39. The molecule has 0 fully saturated rings. The van der Waals surface area contributed by atoms with Gasteiger partial charge in [0.25, 0.3) is 5.91 Å². The van der Waals surface area contributed by atoms with Crippen molar-refractivity contribution in [2.24, 2.45) is 5.92 Å².